The Hall–Kier alpha value is -2.54. The summed E-state index contributed by atoms with van der Waals surface area (Å²) in [6.07, 6.45) is 2.00. The van der Waals surface area contributed by atoms with Crippen molar-refractivity contribution in [3.8, 4) is 5.75 Å². The highest BCUT2D eigenvalue weighted by atomic mass is 16.5. The van der Waals surface area contributed by atoms with Crippen LogP contribution in [0.4, 0.5) is 0 Å². The maximum atomic E-state index is 12.4. The monoisotopic (exact) mass is 333 g/mol. The predicted octanol–water partition coefficient (Wildman–Crippen LogP) is 1.73. The van der Waals surface area contributed by atoms with Gasteiger partial charge in [0.1, 0.15) is 11.3 Å². The van der Waals surface area contributed by atoms with Crippen LogP contribution in [0, 0.1) is 0 Å². The number of carboxylic acids is 1. The number of ether oxygens (including phenoxy) is 2. The minimum Gasteiger partial charge on any atom is -0.497 e. The number of furan rings is 1. The molecule has 0 radical (unpaired) electrons. The van der Waals surface area contributed by atoms with Gasteiger partial charge in [-0.3, -0.25) is 9.59 Å². The number of carbonyl (C=O) groups is 2. The summed E-state index contributed by atoms with van der Waals surface area (Å²) in [4.78, 5) is 23.5. The summed E-state index contributed by atoms with van der Waals surface area (Å²) in [6, 6.07) is 5.40. The standard InChI is InChI=1S/C17H19NO6/c1-22-12-2-3-13-11(9-24-14(13)7-12)6-15(19)18-17(8-16(20)21)4-5-23-10-17/h2-3,7,9H,4-6,8,10H2,1H3,(H,18,19)(H,20,21). The number of hydrogen-bond acceptors (Lipinski definition) is 5. The highest BCUT2D eigenvalue weighted by molar-refractivity contribution is 5.88. The number of hydrogen-bond donors (Lipinski definition) is 2. The zero-order chi connectivity index (χ0) is 17.2. The Bertz CT molecular complexity index is 760. The first-order valence-electron chi connectivity index (χ1n) is 7.66. The smallest absolute Gasteiger partial charge is 0.305 e. The molecule has 7 nitrogen and oxygen atoms in total. The molecule has 24 heavy (non-hydrogen) atoms. The summed E-state index contributed by atoms with van der Waals surface area (Å²) in [5, 5.41) is 12.7. The Balaban J connectivity index is 1.73. The third-order valence-electron chi connectivity index (χ3n) is 4.21. The van der Waals surface area contributed by atoms with E-state index in [4.69, 9.17) is 19.0 Å². The zero-order valence-electron chi connectivity index (χ0n) is 13.3. The van der Waals surface area contributed by atoms with Gasteiger partial charge in [-0.05, 0) is 18.6 Å². The fourth-order valence-electron chi connectivity index (χ4n) is 3.02. The van der Waals surface area contributed by atoms with E-state index in [1.807, 2.05) is 6.07 Å². The van der Waals surface area contributed by atoms with Gasteiger partial charge in [0.15, 0.2) is 0 Å². The van der Waals surface area contributed by atoms with E-state index >= 15 is 0 Å². The Labute approximate surface area is 138 Å². The summed E-state index contributed by atoms with van der Waals surface area (Å²) in [7, 11) is 1.57. The third kappa shape index (κ3) is 3.35. The molecule has 1 fully saturated rings. The lowest BCUT2D eigenvalue weighted by Gasteiger charge is -2.26. The van der Waals surface area contributed by atoms with Crippen LogP contribution >= 0.6 is 0 Å². The minimum atomic E-state index is -0.957. The molecule has 0 bridgehead atoms. The minimum absolute atomic E-state index is 0.112. The first-order valence-corrected chi connectivity index (χ1v) is 7.66. The second-order valence-electron chi connectivity index (χ2n) is 6.00. The van der Waals surface area contributed by atoms with Gasteiger partial charge in [-0.25, -0.2) is 0 Å². The van der Waals surface area contributed by atoms with E-state index < -0.39 is 11.5 Å². The fraction of sp³-hybridized carbons (Fsp3) is 0.412. The number of fused-ring (bicyclic) bond motifs is 1. The molecule has 7 heteroatoms. The molecule has 2 heterocycles. The van der Waals surface area contributed by atoms with Crippen molar-refractivity contribution in [2.75, 3.05) is 20.3 Å². The van der Waals surface area contributed by atoms with Gasteiger partial charge in [0.05, 0.1) is 38.4 Å². The third-order valence-corrected chi connectivity index (χ3v) is 4.21. The van der Waals surface area contributed by atoms with E-state index in [1.165, 1.54) is 0 Å². The largest absolute Gasteiger partial charge is 0.497 e. The second kappa shape index (κ2) is 6.52. The van der Waals surface area contributed by atoms with Crippen LogP contribution in [0.3, 0.4) is 0 Å². The molecule has 1 aliphatic rings. The van der Waals surface area contributed by atoms with Crippen molar-refractivity contribution in [2.24, 2.45) is 0 Å². The van der Waals surface area contributed by atoms with Gasteiger partial charge in [0.2, 0.25) is 5.91 Å². The molecule has 0 aliphatic carbocycles. The number of methoxy groups -OCH3 is 1. The predicted molar refractivity (Wildman–Crippen MR) is 85.0 cm³/mol. The molecule has 0 spiro atoms. The normalized spacial score (nSPS) is 20.2. The van der Waals surface area contributed by atoms with E-state index in [1.54, 1.807) is 25.5 Å². The van der Waals surface area contributed by atoms with Crippen molar-refractivity contribution < 1.29 is 28.6 Å². The van der Waals surface area contributed by atoms with Crippen LogP contribution in [0.25, 0.3) is 11.0 Å². The Morgan fingerprint density at radius 3 is 2.92 bits per heavy atom. The number of benzene rings is 1. The fourth-order valence-corrected chi connectivity index (χ4v) is 3.02. The molecule has 1 aliphatic heterocycles. The van der Waals surface area contributed by atoms with Crippen molar-refractivity contribution in [3.05, 3.63) is 30.0 Å². The summed E-state index contributed by atoms with van der Waals surface area (Å²) >= 11 is 0. The van der Waals surface area contributed by atoms with Crippen LogP contribution < -0.4 is 10.1 Å². The molecule has 1 unspecified atom stereocenters. The highest BCUT2D eigenvalue weighted by Crippen LogP contribution is 2.27. The van der Waals surface area contributed by atoms with Crippen molar-refractivity contribution in [2.45, 2.75) is 24.8 Å². The van der Waals surface area contributed by atoms with Gasteiger partial charge in [0, 0.05) is 23.6 Å². The summed E-state index contributed by atoms with van der Waals surface area (Å²) < 4.78 is 15.9. The summed E-state index contributed by atoms with van der Waals surface area (Å²) in [6.45, 7) is 0.663. The van der Waals surface area contributed by atoms with Gasteiger partial charge < -0.3 is 24.3 Å². The topological polar surface area (TPSA) is 98.0 Å². The average Bonchev–Trinajstić information content (AvgIpc) is 3.13. The van der Waals surface area contributed by atoms with Crippen LogP contribution in [0.15, 0.2) is 28.9 Å². The molecule has 3 rings (SSSR count). The number of carbonyl (C=O) groups excluding carboxylic acids is 1. The van der Waals surface area contributed by atoms with Crippen LogP contribution in [0.2, 0.25) is 0 Å². The lowest BCUT2D eigenvalue weighted by Crippen LogP contribution is -2.51. The van der Waals surface area contributed by atoms with Crippen molar-refractivity contribution >= 4 is 22.8 Å². The molecule has 1 aromatic heterocycles. The quantitative estimate of drug-likeness (QED) is 0.835. The van der Waals surface area contributed by atoms with Crippen molar-refractivity contribution in [1.29, 1.82) is 0 Å². The van der Waals surface area contributed by atoms with Gasteiger partial charge in [-0.2, -0.15) is 0 Å². The maximum absolute atomic E-state index is 12.4. The molecule has 2 N–H and O–H groups in total. The lowest BCUT2D eigenvalue weighted by molar-refractivity contribution is -0.139. The van der Waals surface area contributed by atoms with E-state index in [-0.39, 0.29) is 25.4 Å². The molecule has 1 saturated heterocycles. The lowest BCUT2D eigenvalue weighted by atomic mass is 9.94. The van der Waals surface area contributed by atoms with Crippen LogP contribution in [0.1, 0.15) is 18.4 Å². The number of rotatable bonds is 6. The van der Waals surface area contributed by atoms with E-state index in [9.17, 15) is 9.59 Å². The van der Waals surface area contributed by atoms with Crippen molar-refractivity contribution in [3.63, 3.8) is 0 Å². The van der Waals surface area contributed by atoms with Gasteiger partial charge in [0.25, 0.3) is 0 Å². The molecule has 0 saturated carbocycles. The van der Waals surface area contributed by atoms with Crippen LogP contribution in [-0.2, 0) is 20.7 Å². The van der Waals surface area contributed by atoms with E-state index in [0.717, 1.165) is 10.9 Å². The molecule has 1 aromatic carbocycles. The maximum Gasteiger partial charge on any atom is 0.305 e. The van der Waals surface area contributed by atoms with Crippen LogP contribution in [0.5, 0.6) is 5.75 Å². The number of carboxylic acid groups (broad SMARTS) is 1. The van der Waals surface area contributed by atoms with Crippen molar-refractivity contribution in [1.82, 2.24) is 5.32 Å². The molecular weight excluding hydrogens is 314 g/mol. The summed E-state index contributed by atoms with van der Waals surface area (Å²) in [5.74, 6) is -0.529. The Kier molecular flexibility index (Phi) is 4.44. The number of amides is 1. The Morgan fingerprint density at radius 2 is 2.25 bits per heavy atom. The van der Waals surface area contributed by atoms with Gasteiger partial charge in [-0.1, -0.05) is 0 Å². The van der Waals surface area contributed by atoms with E-state index in [0.29, 0.717) is 24.4 Å². The Morgan fingerprint density at radius 1 is 1.42 bits per heavy atom. The number of aliphatic carboxylic acids is 1. The SMILES string of the molecule is COc1ccc2c(CC(=O)NC3(CC(=O)O)CCOC3)coc2c1. The molecule has 128 valence electrons. The highest BCUT2D eigenvalue weighted by Gasteiger charge is 2.38. The molecular formula is C17H19NO6. The molecule has 2 aromatic rings. The van der Waals surface area contributed by atoms with Gasteiger partial charge >= 0.3 is 5.97 Å². The zero-order valence-corrected chi connectivity index (χ0v) is 13.3. The average molecular weight is 333 g/mol. The first kappa shape index (κ1) is 16.3. The number of nitrogens with one attached hydrogen (secondary N) is 1. The summed E-state index contributed by atoms with van der Waals surface area (Å²) in [5.41, 5.74) is 0.558. The second-order valence-corrected chi connectivity index (χ2v) is 6.00. The molecule has 1 atom stereocenters. The van der Waals surface area contributed by atoms with Gasteiger partial charge in [-0.15, -0.1) is 0 Å². The first-order chi connectivity index (χ1) is 11.5. The van der Waals surface area contributed by atoms with E-state index in [2.05, 4.69) is 5.32 Å². The molecule has 1 amide bonds. The van der Waals surface area contributed by atoms with Crippen LogP contribution in [-0.4, -0.2) is 42.8 Å².